The Morgan fingerprint density at radius 3 is 3.12 bits per heavy atom. The number of aryl methyl sites for hydroxylation is 1. The van der Waals surface area contributed by atoms with Gasteiger partial charge in [0.15, 0.2) is 0 Å². The number of carbonyl (C=O) groups is 1. The van der Waals surface area contributed by atoms with Gasteiger partial charge in [0.1, 0.15) is 5.69 Å². The summed E-state index contributed by atoms with van der Waals surface area (Å²) in [6.45, 7) is 5.40. The number of nitrogens with one attached hydrogen (secondary N) is 1. The van der Waals surface area contributed by atoms with E-state index >= 15 is 0 Å². The van der Waals surface area contributed by atoms with E-state index in [0.717, 1.165) is 31.7 Å². The zero-order chi connectivity index (χ0) is 11.5. The average molecular weight is 222 g/mol. The van der Waals surface area contributed by atoms with Gasteiger partial charge in [0.25, 0.3) is 5.91 Å². The van der Waals surface area contributed by atoms with Crippen LogP contribution >= 0.6 is 0 Å². The highest BCUT2D eigenvalue weighted by Gasteiger charge is 2.17. The largest absolute Gasteiger partial charge is 0.351 e. The number of aromatic nitrogens is 2. The molecule has 0 atom stereocenters. The molecule has 2 heterocycles. The van der Waals surface area contributed by atoms with E-state index in [9.17, 15) is 4.79 Å². The standard InChI is InChI=1S/C11H18N4O/c1-3-12-11(16)10-7-9-8-14(2)5-4-6-15(9)13-10/h7H,3-6,8H2,1-2H3,(H,12,16). The Labute approximate surface area is 95.4 Å². The summed E-state index contributed by atoms with van der Waals surface area (Å²) in [4.78, 5) is 13.9. The lowest BCUT2D eigenvalue weighted by atomic mass is 10.3. The molecular weight excluding hydrogens is 204 g/mol. The van der Waals surface area contributed by atoms with Crippen LogP contribution in [0.3, 0.4) is 0 Å². The lowest BCUT2D eigenvalue weighted by Crippen LogP contribution is -2.23. The van der Waals surface area contributed by atoms with E-state index in [4.69, 9.17) is 0 Å². The molecule has 1 aromatic heterocycles. The molecule has 0 aromatic carbocycles. The maximum atomic E-state index is 11.6. The summed E-state index contributed by atoms with van der Waals surface area (Å²) in [6, 6.07) is 1.90. The summed E-state index contributed by atoms with van der Waals surface area (Å²) < 4.78 is 1.95. The normalized spacial score (nSPS) is 16.6. The van der Waals surface area contributed by atoms with Gasteiger partial charge in [0.2, 0.25) is 0 Å². The van der Waals surface area contributed by atoms with Crippen molar-refractivity contribution in [3.05, 3.63) is 17.5 Å². The summed E-state index contributed by atoms with van der Waals surface area (Å²) in [5, 5.41) is 7.11. The molecule has 1 aromatic rings. The summed E-state index contributed by atoms with van der Waals surface area (Å²) >= 11 is 0. The molecule has 0 unspecified atom stereocenters. The van der Waals surface area contributed by atoms with E-state index in [1.54, 1.807) is 0 Å². The molecule has 5 heteroatoms. The van der Waals surface area contributed by atoms with Crippen molar-refractivity contribution < 1.29 is 4.79 Å². The average Bonchev–Trinajstić information content (AvgIpc) is 2.54. The van der Waals surface area contributed by atoms with Crippen LogP contribution in [0, 0.1) is 0 Å². The molecule has 0 fully saturated rings. The Bertz CT molecular complexity index is 385. The third-order valence-electron chi connectivity index (χ3n) is 2.77. The lowest BCUT2D eigenvalue weighted by molar-refractivity contribution is 0.0950. The van der Waals surface area contributed by atoms with Gasteiger partial charge in [-0.1, -0.05) is 0 Å². The number of amides is 1. The fraction of sp³-hybridized carbons (Fsp3) is 0.636. The second kappa shape index (κ2) is 4.65. The van der Waals surface area contributed by atoms with Crippen molar-refractivity contribution in [1.29, 1.82) is 0 Å². The highest BCUT2D eigenvalue weighted by molar-refractivity contribution is 5.92. The molecule has 1 aliphatic heterocycles. The van der Waals surface area contributed by atoms with E-state index in [0.29, 0.717) is 12.2 Å². The van der Waals surface area contributed by atoms with Gasteiger partial charge in [0.05, 0.1) is 5.69 Å². The predicted octanol–water partition coefficient (Wildman–Crippen LogP) is 0.468. The van der Waals surface area contributed by atoms with Gasteiger partial charge >= 0.3 is 0 Å². The maximum Gasteiger partial charge on any atom is 0.271 e. The first-order valence-electron chi connectivity index (χ1n) is 5.74. The van der Waals surface area contributed by atoms with Gasteiger partial charge in [-0.25, -0.2) is 0 Å². The number of fused-ring (bicyclic) bond motifs is 1. The Morgan fingerprint density at radius 2 is 2.38 bits per heavy atom. The minimum absolute atomic E-state index is 0.0780. The topological polar surface area (TPSA) is 50.2 Å². The first-order valence-corrected chi connectivity index (χ1v) is 5.74. The number of nitrogens with zero attached hydrogens (tertiary/aromatic N) is 3. The van der Waals surface area contributed by atoms with Gasteiger partial charge in [-0.05, 0) is 26.5 Å². The highest BCUT2D eigenvalue weighted by atomic mass is 16.1. The van der Waals surface area contributed by atoms with Gasteiger partial charge in [0, 0.05) is 26.2 Å². The van der Waals surface area contributed by atoms with Crippen molar-refractivity contribution in [2.45, 2.75) is 26.4 Å². The van der Waals surface area contributed by atoms with Gasteiger partial charge in [-0.2, -0.15) is 5.10 Å². The molecule has 0 bridgehead atoms. The van der Waals surface area contributed by atoms with Crippen LogP contribution in [0.25, 0.3) is 0 Å². The fourth-order valence-corrected chi connectivity index (χ4v) is 1.98. The van der Waals surface area contributed by atoms with Crippen LogP contribution in [0.1, 0.15) is 29.5 Å². The molecule has 0 aliphatic carbocycles. The minimum Gasteiger partial charge on any atom is -0.351 e. The van der Waals surface area contributed by atoms with Gasteiger partial charge in [-0.15, -0.1) is 0 Å². The molecule has 88 valence electrons. The van der Waals surface area contributed by atoms with Crippen LogP contribution in [-0.2, 0) is 13.1 Å². The van der Waals surface area contributed by atoms with Crippen molar-refractivity contribution in [2.75, 3.05) is 20.1 Å². The number of carbonyl (C=O) groups excluding carboxylic acids is 1. The lowest BCUT2D eigenvalue weighted by Gasteiger charge is -2.10. The van der Waals surface area contributed by atoms with Crippen LogP contribution < -0.4 is 5.32 Å². The van der Waals surface area contributed by atoms with E-state index in [-0.39, 0.29) is 5.91 Å². The second-order valence-electron chi connectivity index (χ2n) is 4.19. The summed E-state index contributed by atoms with van der Waals surface area (Å²) in [7, 11) is 2.09. The van der Waals surface area contributed by atoms with Crippen molar-refractivity contribution >= 4 is 5.91 Å². The smallest absolute Gasteiger partial charge is 0.271 e. The molecule has 16 heavy (non-hydrogen) atoms. The molecule has 2 rings (SSSR count). The first kappa shape index (κ1) is 11.1. The van der Waals surface area contributed by atoms with Crippen molar-refractivity contribution in [1.82, 2.24) is 20.0 Å². The summed E-state index contributed by atoms with van der Waals surface area (Å²) in [5.74, 6) is -0.0780. The molecule has 1 N–H and O–H groups in total. The van der Waals surface area contributed by atoms with E-state index in [1.165, 1.54) is 0 Å². The fourth-order valence-electron chi connectivity index (χ4n) is 1.98. The molecule has 1 aliphatic rings. The van der Waals surface area contributed by atoms with Crippen LogP contribution in [0.15, 0.2) is 6.07 Å². The maximum absolute atomic E-state index is 11.6. The van der Waals surface area contributed by atoms with E-state index in [2.05, 4.69) is 22.4 Å². The summed E-state index contributed by atoms with van der Waals surface area (Å²) in [5.41, 5.74) is 1.66. The van der Waals surface area contributed by atoms with Crippen LogP contribution in [0.2, 0.25) is 0 Å². The molecular formula is C11H18N4O. The monoisotopic (exact) mass is 222 g/mol. The Balaban J connectivity index is 2.19. The highest BCUT2D eigenvalue weighted by Crippen LogP contribution is 2.12. The molecule has 5 nitrogen and oxygen atoms in total. The summed E-state index contributed by atoms with van der Waals surface area (Å²) in [6.07, 6.45) is 1.08. The zero-order valence-electron chi connectivity index (χ0n) is 9.86. The SMILES string of the molecule is CCNC(=O)c1cc2n(n1)CCCN(C)C2. The van der Waals surface area contributed by atoms with Gasteiger partial charge < -0.3 is 10.2 Å². The minimum atomic E-state index is -0.0780. The Morgan fingerprint density at radius 1 is 1.56 bits per heavy atom. The molecule has 0 saturated heterocycles. The van der Waals surface area contributed by atoms with Gasteiger partial charge in [-0.3, -0.25) is 9.48 Å². The number of rotatable bonds is 2. The first-order chi connectivity index (χ1) is 7.70. The van der Waals surface area contributed by atoms with Crippen LogP contribution in [-0.4, -0.2) is 40.7 Å². The molecule has 0 radical (unpaired) electrons. The quantitative estimate of drug-likeness (QED) is 0.791. The third-order valence-corrected chi connectivity index (χ3v) is 2.77. The number of hydrogen-bond donors (Lipinski definition) is 1. The second-order valence-corrected chi connectivity index (χ2v) is 4.19. The molecule has 0 spiro atoms. The van der Waals surface area contributed by atoms with Crippen molar-refractivity contribution in [3.63, 3.8) is 0 Å². The van der Waals surface area contributed by atoms with E-state index < -0.39 is 0 Å². The van der Waals surface area contributed by atoms with Crippen LogP contribution in [0.4, 0.5) is 0 Å². The Hall–Kier alpha value is -1.36. The van der Waals surface area contributed by atoms with E-state index in [1.807, 2.05) is 17.7 Å². The number of hydrogen-bond acceptors (Lipinski definition) is 3. The Kier molecular flexibility index (Phi) is 3.24. The predicted molar refractivity (Wildman–Crippen MR) is 61.2 cm³/mol. The zero-order valence-corrected chi connectivity index (χ0v) is 9.86. The van der Waals surface area contributed by atoms with Crippen molar-refractivity contribution in [2.24, 2.45) is 0 Å². The molecule has 0 saturated carbocycles. The van der Waals surface area contributed by atoms with Crippen LogP contribution in [0.5, 0.6) is 0 Å². The third kappa shape index (κ3) is 2.24. The molecule has 1 amide bonds. The van der Waals surface area contributed by atoms with Crippen molar-refractivity contribution in [3.8, 4) is 0 Å².